The number of nitrogens with zero attached hydrogens (tertiary/aromatic N) is 1. The Hall–Kier alpha value is -0.770. The van der Waals surface area contributed by atoms with E-state index in [-0.39, 0.29) is 5.41 Å². The first kappa shape index (κ1) is 13.2. The zero-order chi connectivity index (χ0) is 11.0. The highest BCUT2D eigenvalue weighted by Gasteiger charge is 2.22. The molecule has 0 aromatic carbocycles. The molecule has 0 radical (unpaired) electrons. The molecule has 84 valence electrons. The van der Waals surface area contributed by atoms with Crippen molar-refractivity contribution in [3.05, 3.63) is 0 Å². The average Bonchev–Trinajstić information content (AvgIpc) is 2.16. The molecule has 0 aromatic heterocycles. The van der Waals surface area contributed by atoms with Crippen molar-refractivity contribution in [2.75, 3.05) is 13.2 Å². The van der Waals surface area contributed by atoms with Gasteiger partial charge in [0, 0.05) is 18.6 Å². The minimum Gasteiger partial charge on any atom is -0.409 e. The fourth-order valence-corrected chi connectivity index (χ4v) is 1.18. The Kier molecular flexibility index (Phi) is 6.28. The minimum absolute atomic E-state index is 0.221. The number of amidine groups is 1. The van der Waals surface area contributed by atoms with E-state index in [0.717, 1.165) is 32.5 Å². The monoisotopic (exact) mass is 202 g/mol. The Bertz CT molecular complexity index is 179. The summed E-state index contributed by atoms with van der Waals surface area (Å²) in [6, 6.07) is 0. The molecule has 3 N–H and O–H groups in total. The van der Waals surface area contributed by atoms with Crippen LogP contribution < -0.4 is 5.73 Å². The Morgan fingerprint density at radius 2 is 2.07 bits per heavy atom. The predicted molar refractivity (Wildman–Crippen MR) is 57.5 cm³/mol. The Morgan fingerprint density at radius 1 is 1.43 bits per heavy atom. The highest BCUT2D eigenvalue weighted by Crippen LogP contribution is 2.23. The quantitative estimate of drug-likeness (QED) is 0.218. The number of ether oxygens (including phenoxy) is 1. The van der Waals surface area contributed by atoms with Crippen LogP contribution in [0, 0.1) is 5.41 Å². The molecule has 0 fully saturated rings. The van der Waals surface area contributed by atoms with E-state index in [0.29, 0.717) is 5.84 Å². The SMILES string of the molecule is CCOCCCCC(C)(C)C(N)=NO. The number of rotatable bonds is 7. The van der Waals surface area contributed by atoms with Crippen molar-refractivity contribution >= 4 is 5.84 Å². The minimum atomic E-state index is -0.221. The molecular formula is C10H22N2O2. The number of nitrogens with two attached hydrogens (primary N) is 1. The zero-order valence-electron chi connectivity index (χ0n) is 9.42. The molecule has 4 nitrogen and oxygen atoms in total. The summed E-state index contributed by atoms with van der Waals surface area (Å²) in [6.45, 7) is 7.50. The molecule has 0 aromatic rings. The average molecular weight is 202 g/mol. The van der Waals surface area contributed by atoms with Gasteiger partial charge in [0.2, 0.25) is 0 Å². The fourth-order valence-electron chi connectivity index (χ4n) is 1.18. The smallest absolute Gasteiger partial charge is 0.144 e. The van der Waals surface area contributed by atoms with E-state index in [1.54, 1.807) is 0 Å². The molecule has 0 saturated heterocycles. The van der Waals surface area contributed by atoms with Crippen molar-refractivity contribution in [3.8, 4) is 0 Å². The molecule has 0 heterocycles. The lowest BCUT2D eigenvalue weighted by atomic mass is 9.86. The molecule has 4 heteroatoms. The summed E-state index contributed by atoms with van der Waals surface area (Å²) in [5, 5.41) is 11.6. The Labute approximate surface area is 86.1 Å². The van der Waals surface area contributed by atoms with Gasteiger partial charge in [-0.1, -0.05) is 25.4 Å². The highest BCUT2D eigenvalue weighted by molar-refractivity contribution is 5.85. The van der Waals surface area contributed by atoms with E-state index >= 15 is 0 Å². The summed E-state index contributed by atoms with van der Waals surface area (Å²) < 4.78 is 5.22. The van der Waals surface area contributed by atoms with Gasteiger partial charge in [-0.15, -0.1) is 0 Å². The van der Waals surface area contributed by atoms with Crippen LogP contribution in [0.4, 0.5) is 0 Å². The molecule has 0 atom stereocenters. The van der Waals surface area contributed by atoms with Crippen LogP contribution in [0.3, 0.4) is 0 Å². The second-order valence-corrected chi connectivity index (χ2v) is 4.02. The van der Waals surface area contributed by atoms with Gasteiger partial charge in [0.05, 0.1) is 0 Å². The second kappa shape index (κ2) is 6.65. The van der Waals surface area contributed by atoms with E-state index in [1.807, 2.05) is 20.8 Å². The Morgan fingerprint density at radius 3 is 2.57 bits per heavy atom. The number of hydrogen-bond acceptors (Lipinski definition) is 3. The molecule has 0 spiro atoms. The molecule has 0 amide bonds. The molecule has 0 unspecified atom stereocenters. The molecule has 0 bridgehead atoms. The van der Waals surface area contributed by atoms with E-state index in [1.165, 1.54) is 0 Å². The second-order valence-electron chi connectivity index (χ2n) is 4.02. The van der Waals surface area contributed by atoms with Gasteiger partial charge in [-0.2, -0.15) is 0 Å². The number of hydrogen-bond donors (Lipinski definition) is 2. The van der Waals surface area contributed by atoms with Crippen LogP contribution in [-0.2, 0) is 4.74 Å². The summed E-state index contributed by atoms with van der Waals surface area (Å²) in [6.07, 6.45) is 2.97. The topological polar surface area (TPSA) is 67.8 Å². The molecule has 0 saturated carbocycles. The maximum atomic E-state index is 8.55. The van der Waals surface area contributed by atoms with E-state index in [2.05, 4.69) is 5.16 Å². The van der Waals surface area contributed by atoms with Crippen LogP contribution in [-0.4, -0.2) is 24.3 Å². The fraction of sp³-hybridized carbons (Fsp3) is 0.900. The zero-order valence-corrected chi connectivity index (χ0v) is 9.42. The molecule has 14 heavy (non-hydrogen) atoms. The van der Waals surface area contributed by atoms with Crippen molar-refractivity contribution in [1.29, 1.82) is 0 Å². The lowest BCUT2D eigenvalue weighted by Crippen LogP contribution is -2.31. The summed E-state index contributed by atoms with van der Waals surface area (Å²) in [5.74, 6) is 0.300. The maximum absolute atomic E-state index is 8.55. The first-order chi connectivity index (χ1) is 6.54. The van der Waals surface area contributed by atoms with Crippen molar-refractivity contribution < 1.29 is 9.94 Å². The normalized spacial score (nSPS) is 13.2. The third-order valence-corrected chi connectivity index (χ3v) is 2.35. The van der Waals surface area contributed by atoms with Gasteiger partial charge in [0.1, 0.15) is 5.84 Å². The third-order valence-electron chi connectivity index (χ3n) is 2.35. The van der Waals surface area contributed by atoms with Gasteiger partial charge < -0.3 is 15.7 Å². The van der Waals surface area contributed by atoms with Crippen molar-refractivity contribution in [1.82, 2.24) is 0 Å². The summed E-state index contributed by atoms with van der Waals surface area (Å²) in [7, 11) is 0. The highest BCUT2D eigenvalue weighted by atomic mass is 16.5. The summed E-state index contributed by atoms with van der Waals surface area (Å²) >= 11 is 0. The van der Waals surface area contributed by atoms with E-state index in [4.69, 9.17) is 15.7 Å². The maximum Gasteiger partial charge on any atom is 0.144 e. The van der Waals surface area contributed by atoms with Crippen LogP contribution >= 0.6 is 0 Å². The largest absolute Gasteiger partial charge is 0.409 e. The third kappa shape index (κ3) is 5.07. The van der Waals surface area contributed by atoms with Crippen LogP contribution in [0.2, 0.25) is 0 Å². The molecule has 0 aliphatic rings. The van der Waals surface area contributed by atoms with E-state index < -0.39 is 0 Å². The number of oxime groups is 1. The van der Waals surface area contributed by atoms with Crippen LogP contribution in [0.25, 0.3) is 0 Å². The van der Waals surface area contributed by atoms with Crippen molar-refractivity contribution in [2.24, 2.45) is 16.3 Å². The first-order valence-electron chi connectivity index (χ1n) is 5.10. The lowest BCUT2D eigenvalue weighted by Gasteiger charge is -2.22. The van der Waals surface area contributed by atoms with Gasteiger partial charge in [-0.25, -0.2) is 0 Å². The predicted octanol–water partition coefficient (Wildman–Crippen LogP) is 1.97. The van der Waals surface area contributed by atoms with Crippen LogP contribution in [0.15, 0.2) is 5.16 Å². The van der Waals surface area contributed by atoms with E-state index in [9.17, 15) is 0 Å². The van der Waals surface area contributed by atoms with Gasteiger partial charge in [-0.05, 0) is 19.8 Å². The Balaban J connectivity index is 3.66. The van der Waals surface area contributed by atoms with Gasteiger partial charge >= 0.3 is 0 Å². The van der Waals surface area contributed by atoms with Crippen molar-refractivity contribution in [2.45, 2.75) is 40.0 Å². The number of unbranched alkanes of at least 4 members (excludes halogenated alkanes) is 1. The molecular weight excluding hydrogens is 180 g/mol. The molecule has 0 rings (SSSR count). The standard InChI is InChI=1S/C10H22N2O2/c1-4-14-8-6-5-7-10(2,3)9(11)12-13/h13H,4-8H2,1-3H3,(H2,11,12). The van der Waals surface area contributed by atoms with Crippen LogP contribution in [0.1, 0.15) is 40.0 Å². The van der Waals surface area contributed by atoms with Gasteiger partial charge in [-0.3, -0.25) is 0 Å². The van der Waals surface area contributed by atoms with Gasteiger partial charge in [0.25, 0.3) is 0 Å². The first-order valence-corrected chi connectivity index (χ1v) is 5.10. The van der Waals surface area contributed by atoms with Crippen LogP contribution in [0.5, 0.6) is 0 Å². The molecule has 0 aliphatic carbocycles. The van der Waals surface area contributed by atoms with Gasteiger partial charge in [0.15, 0.2) is 0 Å². The summed E-state index contributed by atoms with van der Waals surface area (Å²) in [5.41, 5.74) is 5.34. The molecule has 0 aliphatic heterocycles. The summed E-state index contributed by atoms with van der Waals surface area (Å²) in [4.78, 5) is 0. The van der Waals surface area contributed by atoms with Crippen molar-refractivity contribution in [3.63, 3.8) is 0 Å². The lowest BCUT2D eigenvalue weighted by molar-refractivity contribution is 0.141.